The molecule has 0 aliphatic carbocycles. The van der Waals surface area contributed by atoms with Gasteiger partial charge in [-0.2, -0.15) is 0 Å². The van der Waals surface area contributed by atoms with Gasteiger partial charge in [-0.15, -0.1) is 35.3 Å². The number of benzene rings is 1. The fraction of sp³-hybridized carbons (Fsp3) is 0.412. The Balaban J connectivity index is 0.00000364. The van der Waals surface area contributed by atoms with E-state index in [9.17, 15) is 8.42 Å². The van der Waals surface area contributed by atoms with Crippen LogP contribution in [0.2, 0.25) is 0 Å². The lowest BCUT2D eigenvalue weighted by Crippen LogP contribution is -2.36. The zero-order valence-electron chi connectivity index (χ0n) is 15.9. The van der Waals surface area contributed by atoms with E-state index in [2.05, 4.69) is 32.3 Å². The van der Waals surface area contributed by atoms with Crippen molar-refractivity contribution >= 4 is 51.3 Å². The third-order valence-corrected chi connectivity index (χ3v) is 6.25. The van der Waals surface area contributed by atoms with Crippen LogP contribution in [-0.4, -0.2) is 33.0 Å². The van der Waals surface area contributed by atoms with Gasteiger partial charge in [0, 0.05) is 11.4 Å². The summed E-state index contributed by atoms with van der Waals surface area (Å²) in [7, 11) is -2.02. The lowest BCUT2D eigenvalue weighted by Gasteiger charge is -2.10. The monoisotopic (exact) mass is 523 g/mol. The number of aliphatic imine (C=N–C) groups is 1. The van der Waals surface area contributed by atoms with Gasteiger partial charge < -0.3 is 10.6 Å². The number of nitrogens with zero attached hydrogens (tertiary/aromatic N) is 2. The molecule has 7 nitrogen and oxygen atoms in total. The van der Waals surface area contributed by atoms with E-state index in [-0.39, 0.29) is 28.9 Å². The first-order valence-electron chi connectivity index (χ1n) is 8.33. The molecule has 0 aliphatic heterocycles. The zero-order valence-corrected chi connectivity index (χ0v) is 19.8. The molecule has 1 heterocycles. The van der Waals surface area contributed by atoms with Crippen LogP contribution in [0.4, 0.5) is 0 Å². The number of hydrogen-bond acceptors (Lipinski definition) is 5. The number of hydrogen-bond donors (Lipinski definition) is 3. The average molecular weight is 523 g/mol. The van der Waals surface area contributed by atoms with Crippen molar-refractivity contribution in [2.75, 3.05) is 13.6 Å². The van der Waals surface area contributed by atoms with Gasteiger partial charge >= 0.3 is 0 Å². The van der Waals surface area contributed by atoms with E-state index >= 15 is 0 Å². The van der Waals surface area contributed by atoms with Crippen LogP contribution in [0.1, 0.15) is 28.1 Å². The molecule has 1 aromatic carbocycles. The highest BCUT2D eigenvalue weighted by Gasteiger charge is 2.10. The molecule has 10 heteroatoms. The van der Waals surface area contributed by atoms with Crippen LogP contribution in [-0.2, 0) is 23.1 Å². The van der Waals surface area contributed by atoms with Crippen molar-refractivity contribution in [2.45, 2.75) is 38.8 Å². The molecule has 0 spiro atoms. The maximum Gasteiger partial charge on any atom is 0.240 e. The van der Waals surface area contributed by atoms with Crippen LogP contribution >= 0.6 is 35.3 Å². The number of nitrogens with one attached hydrogen (secondary N) is 3. The number of sulfonamides is 1. The average Bonchev–Trinajstić information content (AvgIpc) is 2.95. The van der Waals surface area contributed by atoms with Crippen LogP contribution in [0.15, 0.2) is 34.2 Å². The van der Waals surface area contributed by atoms with Gasteiger partial charge in [0.05, 0.1) is 23.7 Å². The molecular weight excluding hydrogens is 497 g/mol. The van der Waals surface area contributed by atoms with Gasteiger partial charge in [0.15, 0.2) is 5.96 Å². The molecule has 0 aliphatic rings. The SMILES string of the molecule is CCNC(=NCc1ccc(S(=O)(=O)NC)cc1)NCc1nc(C)c(C)s1.I. The molecule has 1 aromatic heterocycles. The highest BCUT2D eigenvalue weighted by atomic mass is 127. The van der Waals surface area contributed by atoms with Crippen LogP contribution in [0.3, 0.4) is 0 Å². The molecule has 0 saturated heterocycles. The molecule has 2 rings (SSSR count). The fourth-order valence-electron chi connectivity index (χ4n) is 2.18. The quantitative estimate of drug-likeness (QED) is 0.295. The van der Waals surface area contributed by atoms with Gasteiger partial charge in [0.2, 0.25) is 10.0 Å². The molecule has 27 heavy (non-hydrogen) atoms. The maximum atomic E-state index is 11.7. The van der Waals surface area contributed by atoms with E-state index < -0.39 is 10.0 Å². The Morgan fingerprint density at radius 2 is 1.85 bits per heavy atom. The predicted molar refractivity (Wildman–Crippen MR) is 121 cm³/mol. The topological polar surface area (TPSA) is 95.5 Å². The molecule has 3 N–H and O–H groups in total. The predicted octanol–water partition coefficient (Wildman–Crippen LogP) is 2.54. The Kier molecular flexibility index (Phi) is 9.63. The first kappa shape index (κ1) is 23.8. The Morgan fingerprint density at radius 3 is 2.37 bits per heavy atom. The number of aromatic nitrogens is 1. The Morgan fingerprint density at radius 1 is 1.19 bits per heavy atom. The molecule has 0 unspecified atom stereocenters. The van der Waals surface area contributed by atoms with E-state index in [1.54, 1.807) is 35.6 Å². The van der Waals surface area contributed by atoms with E-state index in [4.69, 9.17) is 0 Å². The van der Waals surface area contributed by atoms with E-state index in [1.165, 1.54) is 11.9 Å². The van der Waals surface area contributed by atoms with Gasteiger partial charge in [0.1, 0.15) is 5.01 Å². The van der Waals surface area contributed by atoms with Crippen molar-refractivity contribution in [3.05, 3.63) is 45.4 Å². The van der Waals surface area contributed by atoms with E-state index in [1.807, 2.05) is 13.8 Å². The highest BCUT2D eigenvalue weighted by Crippen LogP contribution is 2.16. The minimum absolute atomic E-state index is 0. The summed E-state index contributed by atoms with van der Waals surface area (Å²) in [6.45, 7) is 7.89. The van der Waals surface area contributed by atoms with E-state index in [0.29, 0.717) is 19.0 Å². The van der Waals surface area contributed by atoms with Gasteiger partial charge in [-0.3, -0.25) is 0 Å². The molecule has 0 bridgehead atoms. The molecule has 0 saturated carbocycles. The number of rotatable bonds is 7. The van der Waals surface area contributed by atoms with Crippen molar-refractivity contribution in [1.82, 2.24) is 20.3 Å². The molecule has 0 atom stereocenters. The Labute approximate surface area is 182 Å². The summed E-state index contributed by atoms with van der Waals surface area (Å²) in [5.41, 5.74) is 1.99. The number of thiazole rings is 1. The molecule has 0 amide bonds. The maximum absolute atomic E-state index is 11.7. The van der Waals surface area contributed by atoms with Crippen LogP contribution < -0.4 is 15.4 Å². The molecule has 150 valence electrons. The number of guanidine groups is 1. The fourth-order valence-corrected chi connectivity index (χ4v) is 3.78. The Hall–Kier alpha value is -1.24. The highest BCUT2D eigenvalue weighted by molar-refractivity contribution is 14.0. The van der Waals surface area contributed by atoms with Crippen molar-refractivity contribution in [3.63, 3.8) is 0 Å². The third-order valence-electron chi connectivity index (χ3n) is 3.75. The standard InChI is InChI=1S/C17H25N5O2S2.HI/c1-5-19-17(21-11-16-22-12(2)13(3)25-16)20-10-14-6-8-15(9-7-14)26(23,24)18-4;/h6-9,18H,5,10-11H2,1-4H3,(H2,19,20,21);1H. The summed E-state index contributed by atoms with van der Waals surface area (Å²) < 4.78 is 25.8. The summed E-state index contributed by atoms with van der Waals surface area (Å²) in [5.74, 6) is 0.699. The second kappa shape index (κ2) is 10.9. The van der Waals surface area contributed by atoms with Crippen LogP contribution in [0, 0.1) is 13.8 Å². The van der Waals surface area contributed by atoms with Crippen molar-refractivity contribution in [1.29, 1.82) is 0 Å². The van der Waals surface area contributed by atoms with Crippen molar-refractivity contribution in [2.24, 2.45) is 4.99 Å². The molecule has 0 fully saturated rings. The summed E-state index contributed by atoms with van der Waals surface area (Å²) in [6.07, 6.45) is 0. The van der Waals surface area contributed by atoms with Gasteiger partial charge in [-0.1, -0.05) is 12.1 Å². The first-order chi connectivity index (χ1) is 12.4. The largest absolute Gasteiger partial charge is 0.357 e. The van der Waals surface area contributed by atoms with Gasteiger partial charge in [0.25, 0.3) is 0 Å². The third kappa shape index (κ3) is 7.01. The molecular formula is C17H26IN5O2S2. The smallest absolute Gasteiger partial charge is 0.240 e. The number of halogens is 1. The minimum Gasteiger partial charge on any atom is -0.357 e. The summed E-state index contributed by atoms with van der Waals surface area (Å²) in [5, 5.41) is 7.49. The zero-order chi connectivity index (χ0) is 19.2. The summed E-state index contributed by atoms with van der Waals surface area (Å²) in [4.78, 5) is 10.5. The minimum atomic E-state index is -3.41. The molecule has 0 radical (unpaired) electrons. The van der Waals surface area contributed by atoms with Crippen LogP contribution in [0.25, 0.3) is 0 Å². The summed E-state index contributed by atoms with van der Waals surface area (Å²) in [6, 6.07) is 6.70. The second-order valence-corrected chi connectivity index (χ2v) is 8.82. The first-order valence-corrected chi connectivity index (χ1v) is 10.6. The summed E-state index contributed by atoms with van der Waals surface area (Å²) >= 11 is 1.68. The van der Waals surface area contributed by atoms with Gasteiger partial charge in [-0.25, -0.2) is 23.1 Å². The Bertz CT molecular complexity index is 844. The normalized spacial score (nSPS) is 11.8. The van der Waals surface area contributed by atoms with Crippen LogP contribution in [0.5, 0.6) is 0 Å². The van der Waals surface area contributed by atoms with Gasteiger partial charge in [-0.05, 0) is 45.5 Å². The number of aryl methyl sites for hydroxylation is 2. The van der Waals surface area contributed by atoms with Crippen molar-refractivity contribution in [3.8, 4) is 0 Å². The lowest BCUT2D eigenvalue weighted by molar-refractivity contribution is 0.588. The second-order valence-electron chi connectivity index (χ2n) is 5.65. The lowest BCUT2D eigenvalue weighted by atomic mass is 10.2. The molecule has 2 aromatic rings. The van der Waals surface area contributed by atoms with E-state index in [0.717, 1.165) is 22.8 Å². The van der Waals surface area contributed by atoms with Crippen molar-refractivity contribution < 1.29 is 8.42 Å².